The zero-order valence-electron chi connectivity index (χ0n) is 17.8. The Bertz CT molecular complexity index is 1230. The monoisotopic (exact) mass is 476 g/mol. The zero-order valence-corrected chi connectivity index (χ0v) is 18.6. The Hall–Kier alpha value is -3.73. The number of aromatic nitrogens is 3. The summed E-state index contributed by atoms with van der Waals surface area (Å²) in [6.45, 7) is 5.86. The number of rotatable bonds is 4. The van der Waals surface area contributed by atoms with E-state index in [0.717, 1.165) is 50.5 Å². The third-order valence-corrected chi connectivity index (χ3v) is 5.13. The molecule has 0 fully saturated rings. The van der Waals surface area contributed by atoms with E-state index in [2.05, 4.69) is 44.7 Å². The lowest BCUT2D eigenvalue weighted by Crippen LogP contribution is -2.21. The summed E-state index contributed by atoms with van der Waals surface area (Å²) in [7, 11) is 0. The molecular weight excluding hydrogens is 457 g/mol. The normalized spacial score (nSPS) is 11.0. The first-order valence-electron chi connectivity index (χ1n) is 9.54. The van der Waals surface area contributed by atoms with E-state index in [-0.39, 0.29) is 0 Å². The molecule has 0 atom stereocenters. The van der Waals surface area contributed by atoms with Crippen LogP contribution in [-0.2, 0) is 4.79 Å². The predicted octanol–water partition coefficient (Wildman–Crippen LogP) is 6.16. The average molecular weight is 476 g/mol. The lowest BCUT2D eigenvalue weighted by Gasteiger charge is -2.03. The maximum Gasteiger partial charge on any atom is 0.490 e. The standard InChI is InChI=1S/C20H18N4OS.C2HF3O2/c1-12-5-4-6-18(21-12)23-20-22-17(11-26-20)15-7-9-16(10-8-15)19-13(2)24-25-14(19)3;3-2(4,5)1(6)7/h4-11H,1-3H3,(H,21,22,23);(H,6,7). The van der Waals surface area contributed by atoms with E-state index >= 15 is 0 Å². The van der Waals surface area contributed by atoms with E-state index in [1.54, 1.807) is 11.3 Å². The molecule has 11 heteroatoms. The molecule has 0 aliphatic carbocycles. The van der Waals surface area contributed by atoms with Crippen LogP contribution in [0.25, 0.3) is 22.4 Å². The first-order chi connectivity index (χ1) is 15.5. The summed E-state index contributed by atoms with van der Waals surface area (Å²) in [4.78, 5) is 18.0. The SMILES string of the molecule is Cc1cccc(Nc2nc(-c3ccc(-c4c(C)noc4C)cc3)cs2)n1.O=C(O)C(F)(F)F. The topological polar surface area (TPSA) is 101 Å². The van der Waals surface area contributed by atoms with Crippen molar-refractivity contribution >= 4 is 28.3 Å². The highest BCUT2D eigenvalue weighted by atomic mass is 32.1. The van der Waals surface area contributed by atoms with Gasteiger partial charge >= 0.3 is 12.1 Å². The van der Waals surface area contributed by atoms with Gasteiger partial charge in [-0.05, 0) is 38.5 Å². The summed E-state index contributed by atoms with van der Waals surface area (Å²) in [6.07, 6.45) is -5.08. The highest BCUT2D eigenvalue weighted by Crippen LogP contribution is 2.31. The average Bonchev–Trinajstić information content (AvgIpc) is 3.34. The second-order valence-electron chi connectivity index (χ2n) is 6.91. The molecule has 7 nitrogen and oxygen atoms in total. The van der Waals surface area contributed by atoms with Crippen LogP contribution in [-0.4, -0.2) is 32.4 Å². The minimum absolute atomic E-state index is 0.805. The highest BCUT2D eigenvalue weighted by Gasteiger charge is 2.38. The first kappa shape index (κ1) is 23.9. The lowest BCUT2D eigenvalue weighted by molar-refractivity contribution is -0.192. The van der Waals surface area contributed by atoms with Crippen LogP contribution in [0.2, 0.25) is 0 Å². The molecular formula is C22H19F3N4O3S. The van der Waals surface area contributed by atoms with Gasteiger partial charge in [-0.3, -0.25) is 0 Å². The molecule has 0 unspecified atom stereocenters. The van der Waals surface area contributed by atoms with Crippen molar-refractivity contribution < 1.29 is 27.6 Å². The Kier molecular flexibility index (Phi) is 7.12. The predicted molar refractivity (Wildman–Crippen MR) is 118 cm³/mol. The number of benzene rings is 1. The Morgan fingerprint density at radius 3 is 2.21 bits per heavy atom. The molecule has 0 saturated carbocycles. The maximum absolute atomic E-state index is 10.6. The number of nitrogens with one attached hydrogen (secondary N) is 1. The van der Waals surface area contributed by atoms with E-state index in [1.165, 1.54) is 0 Å². The Morgan fingerprint density at radius 1 is 1.03 bits per heavy atom. The summed E-state index contributed by atoms with van der Waals surface area (Å²) in [5.74, 6) is -1.12. The van der Waals surface area contributed by atoms with Gasteiger partial charge in [-0.25, -0.2) is 14.8 Å². The number of hydrogen-bond acceptors (Lipinski definition) is 7. The smallest absolute Gasteiger partial charge is 0.475 e. The van der Waals surface area contributed by atoms with Gasteiger partial charge in [0.1, 0.15) is 11.6 Å². The molecule has 1 aromatic carbocycles. The largest absolute Gasteiger partial charge is 0.490 e. The van der Waals surface area contributed by atoms with E-state index in [4.69, 9.17) is 14.4 Å². The molecule has 33 heavy (non-hydrogen) atoms. The number of hydrogen-bond donors (Lipinski definition) is 2. The number of halogens is 3. The maximum atomic E-state index is 10.6. The van der Waals surface area contributed by atoms with Crippen LogP contribution in [0.5, 0.6) is 0 Å². The van der Waals surface area contributed by atoms with Crippen molar-refractivity contribution in [2.24, 2.45) is 0 Å². The van der Waals surface area contributed by atoms with Crippen molar-refractivity contribution in [2.75, 3.05) is 5.32 Å². The molecule has 0 bridgehead atoms. The summed E-state index contributed by atoms with van der Waals surface area (Å²) < 4.78 is 37.0. The van der Waals surface area contributed by atoms with Gasteiger partial charge in [0.15, 0.2) is 5.13 Å². The number of pyridine rings is 1. The Morgan fingerprint density at radius 2 is 1.67 bits per heavy atom. The van der Waals surface area contributed by atoms with Gasteiger partial charge in [0.2, 0.25) is 0 Å². The molecule has 4 aromatic rings. The highest BCUT2D eigenvalue weighted by molar-refractivity contribution is 7.14. The number of alkyl halides is 3. The fraction of sp³-hybridized carbons (Fsp3) is 0.182. The molecule has 0 saturated heterocycles. The molecule has 3 heterocycles. The summed E-state index contributed by atoms with van der Waals surface area (Å²) in [5.41, 5.74) is 6.05. The molecule has 0 aliphatic heterocycles. The minimum Gasteiger partial charge on any atom is -0.475 e. The minimum atomic E-state index is -5.08. The molecule has 2 N–H and O–H groups in total. The zero-order chi connectivity index (χ0) is 24.2. The van der Waals surface area contributed by atoms with E-state index in [9.17, 15) is 13.2 Å². The van der Waals surface area contributed by atoms with Crippen LogP contribution < -0.4 is 5.32 Å². The number of aliphatic carboxylic acids is 1. The van der Waals surface area contributed by atoms with E-state index in [1.807, 2.05) is 44.4 Å². The van der Waals surface area contributed by atoms with Gasteiger partial charge in [0.05, 0.1) is 11.4 Å². The van der Waals surface area contributed by atoms with Crippen LogP contribution in [0, 0.1) is 20.8 Å². The second-order valence-corrected chi connectivity index (χ2v) is 7.76. The third kappa shape index (κ3) is 6.16. The van der Waals surface area contributed by atoms with Crippen molar-refractivity contribution in [1.82, 2.24) is 15.1 Å². The molecule has 0 aliphatic rings. The summed E-state index contributed by atoms with van der Waals surface area (Å²) >= 11 is 1.56. The molecule has 4 rings (SSSR count). The van der Waals surface area contributed by atoms with Crippen molar-refractivity contribution in [3.8, 4) is 22.4 Å². The van der Waals surface area contributed by atoms with Crippen molar-refractivity contribution in [1.29, 1.82) is 0 Å². The van der Waals surface area contributed by atoms with Gasteiger partial charge in [-0.2, -0.15) is 13.2 Å². The quantitative estimate of drug-likeness (QED) is 0.364. The van der Waals surface area contributed by atoms with Crippen molar-refractivity contribution in [3.05, 3.63) is 65.0 Å². The molecule has 3 aromatic heterocycles. The molecule has 0 amide bonds. The first-order valence-corrected chi connectivity index (χ1v) is 10.4. The number of thiazole rings is 1. The van der Waals surface area contributed by atoms with E-state index in [0.29, 0.717) is 0 Å². The number of aryl methyl sites for hydroxylation is 3. The van der Waals surface area contributed by atoms with Crippen LogP contribution in [0.3, 0.4) is 0 Å². The van der Waals surface area contributed by atoms with Gasteiger partial charge in [0.25, 0.3) is 0 Å². The number of carbonyl (C=O) groups is 1. The van der Waals surface area contributed by atoms with Gasteiger partial charge in [-0.15, -0.1) is 11.3 Å². The number of carboxylic acid groups (broad SMARTS) is 1. The van der Waals surface area contributed by atoms with Crippen LogP contribution in [0.4, 0.5) is 24.1 Å². The third-order valence-electron chi connectivity index (χ3n) is 4.37. The second kappa shape index (κ2) is 9.82. The van der Waals surface area contributed by atoms with Crippen LogP contribution >= 0.6 is 11.3 Å². The Labute approximate surface area is 190 Å². The van der Waals surface area contributed by atoms with Crippen LogP contribution in [0.15, 0.2) is 52.4 Å². The summed E-state index contributed by atoms with van der Waals surface area (Å²) in [6, 6.07) is 14.2. The van der Waals surface area contributed by atoms with Crippen molar-refractivity contribution in [3.63, 3.8) is 0 Å². The Balaban J connectivity index is 0.000000383. The fourth-order valence-corrected chi connectivity index (χ4v) is 3.62. The number of carboxylic acids is 1. The molecule has 172 valence electrons. The summed E-state index contributed by atoms with van der Waals surface area (Å²) in [5, 5.41) is 17.3. The van der Waals surface area contributed by atoms with E-state index < -0.39 is 12.1 Å². The van der Waals surface area contributed by atoms with Gasteiger partial charge in [-0.1, -0.05) is 35.5 Å². The number of anilines is 2. The van der Waals surface area contributed by atoms with Crippen LogP contribution in [0.1, 0.15) is 17.1 Å². The van der Waals surface area contributed by atoms with Gasteiger partial charge in [0, 0.05) is 22.2 Å². The molecule has 0 spiro atoms. The fourth-order valence-electron chi connectivity index (χ4n) is 2.89. The number of nitrogens with zero attached hydrogens (tertiary/aromatic N) is 3. The lowest BCUT2D eigenvalue weighted by atomic mass is 10.0. The van der Waals surface area contributed by atoms with Crippen molar-refractivity contribution in [2.45, 2.75) is 26.9 Å². The van der Waals surface area contributed by atoms with Gasteiger partial charge < -0.3 is 14.9 Å². The molecule has 0 radical (unpaired) electrons.